The molecule has 1 amide bonds. The van der Waals surface area contributed by atoms with Crippen molar-refractivity contribution in [2.45, 2.75) is 26.7 Å². The predicted molar refractivity (Wildman–Crippen MR) is 115 cm³/mol. The Bertz CT molecular complexity index is 1190. The van der Waals surface area contributed by atoms with Crippen molar-refractivity contribution in [1.82, 2.24) is 34.4 Å². The van der Waals surface area contributed by atoms with Crippen molar-refractivity contribution >= 4 is 38.5 Å². The summed E-state index contributed by atoms with van der Waals surface area (Å²) in [5.41, 5.74) is 3.91. The van der Waals surface area contributed by atoms with Gasteiger partial charge < -0.3 is 9.80 Å². The summed E-state index contributed by atoms with van der Waals surface area (Å²) < 4.78 is 1.73. The van der Waals surface area contributed by atoms with E-state index in [1.807, 2.05) is 30.9 Å². The maximum absolute atomic E-state index is 12.8. The lowest BCUT2D eigenvalue weighted by Crippen LogP contribution is -2.48. The normalized spacial score (nSPS) is 14.7. The van der Waals surface area contributed by atoms with Gasteiger partial charge in [0, 0.05) is 50.2 Å². The van der Waals surface area contributed by atoms with Gasteiger partial charge in [0.15, 0.2) is 5.13 Å². The minimum Gasteiger partial charge on any atom is -0.344 e. The monoisotopic (exact) mass is 422 g/mol. The van der Waals surface area contributed by atoms with Gasteiger partial charge in [0.05, 0.1) is 0 Å². The predicted octanol–water partition coefficient (Wildman–Crippen LogP) is 2.03. The average Bonchev–Trinajstić information content (AvgIpc) is 3.40. The molecule has 4 aromatic heterocycles. The van der Waals surface area contributed by atoms with Crippen LogP contribution in [0.5, 0.6) is 0 Å². The Kier molecular flexibility index (Phi) is 4.78. The van der Waals surface area contributed by atoms with E-state index in [9.17, 15) is 4.79 Å². The first-order valence-electron chi connectivity index (χ1n) is 10.0. The lowest BCUT2D eigenvalue weighted by Gasteiger charge is -2.34. The molecule has 0 aromatic carbocycles. The molecule has 4 aromatic rings. The van der Waals surface area contributed by atoms with Crippen molar-refractivity contribution in [3.8, 4) is 0 Å². The second kappa shape index (κ2) is 7.60. The number of carbonyl (C=O) groups excluding carboxylic acids is 1. The zero-order chi connectivity index (χ0) is 20.7. The van der Waals surface area contributed by atoms with Gasteiger partial charge in [-0.15, -0.1) is 0 Å². The molecule has 0 unspecified atom stereocenters. The molecule has 154 valence electrons. The van der Waals surface area contributed by atoms with E-state index in [1.165, 1.54) is 6.33 Å². The van der Waals surface area contributed by atoms with Gasteiger partial charge in [-0.1, -0.05) is 11.3 Å². The van der Waals surface area contributed by atoms with Crippen molar-refractivity contribution in [3.05, 3.63) is 41.6 Å². The molecular formula is C20H22N8OS. The standard InChI is InChI=1S/C20H22N8OS/c1-13-15(14(2)28-19(24-13)22-12-23-28)5-6-17(29)26-8-10-27(11-9-26)20-25-16-4-3-7-21-18(16)30-20/h3-4,7,12H,5-6,8-11H2,1-2H3. The first-order valence-corrected chi connectivity index (χ1v) is 10.8. The topological polar surface area (TPSA) is 92.4 Å². The SMILES string of the molecule is Cc1nc2ncnn2c(C)c1CCC(=O)N1CCN(c2nc3cccnc3s2)CC1. The highest BCUT2D eigenvalue weighted by molar-refractivity contribution is 7.21. The van der Waals surface area contributed by atoms with Crippen molar-refractivity contribution in [2.24, 2.45) is 0 Å². The Balaban J connectivity index is 1.21. The van der Waals surface area contributed by atoms with Crippen LogP contribution in [0.15, 0.2) is 24.7 Å². The van der Waals surface area contributed by atoms with Crippen molar-refractivity contribution < 1.29 is 4.79 Å². The number of piperazine rings is 1. The van der Waals surface area contributed by atoms with E-state index in [4.69, 9.17) is 0 Å². The molecule has 1 aliphatic heterocycles. The Labute approximate surface area is 177 Å². The number of aryl methyl sites for hydroxylation is 2. The Hall–Kier alpha value is -3.14. The first kappa shape index (κ1) is 18.9. The van der Waals surface area contributed by atoms with Gasteiger partial charge >= 0.3 is 0 Å². The molecule has 9 nitrogen and oxygen atoms in total. The highest BCUT2D eigenvalue weighted by Gasteiger charge is 2.23. The van der Waals surface area contributed by atoms with Crippen LogP contribution in [0.3, 0.4) is 0 Å². The third-order valence-corrected chi connectivity index (χ3v) is 6.68. The minimum atomic E-state index is 0.179. The smallest absolute Gasteiger partial charge is 0.252 e. The fourth-order valence-electron chi connectivity index (χ4n) is 3.95. The number of nitrogens with zero attached hydrogens (tertiary/aromatic N) is 8. The summed E-state index contributed by atoms with van der Waals surface area (Å²) in [6.45, 7) is 6.96. The summed E-state index contributed by atoms with van der Waals surface area (Å²) in [4.78, 5) is 35.7. The molecule has 5 rings (SSSR count). The molecule has 10 heteroatoms. The molecule has 1 fully saturated rings. The fourth-order valence-corrected chi connectivity index (χ4v) is 4.91. The highest BCUT2D eigenvalue weighted by atomic mass is 32.1. The Morgan fingerprint density at radius 1 is 1.13 bits per heavy atom. The average molecular weight is 423 g/mol. The number of hydrogen-bond donors (Lipinski definition) is 0. The number of carbonyl (C=O) groups is 1. The van der Waals surface area contributed by atoms with Gasteiger partial charge in [-0.05, 0) is 38.0 Å². The van der Waals surface area contributed by atoms with Crippen LogP contribution in [0.2, 0.25) is 0 Å². The zero-order valence-corrected chi connectivity index (χ0v) is 17.8. The van der Waals surface area contributed by atoms with E-state index >= 15 is 0 Å². The molecule has 0 aliphatic carbocycles. The van der Waals surface area contributed by atoms with E-state index in [-0.39, 0.29) is 5.91 Å². The number of rotatable bonds is 4. The van der Waals surface area contributed by atoms with Crippen LogP contribution in [-0.2, 0) is 11.2 Å². The van der Waals surface area contributed by atoms with Gasteiger partial charge in [-0.25, -0.2) is 19.5 Å². The molecule has 0 radical (unpaired) electrons. The second-order valence-electron chi connectivity index (χ2n) is 7.42. The molecular weight excluding hydrogens is 400 g/mol. The summed E-state index contributed by atoms with van der Waals surface area (Å²) in [6, 6.07) is 3.89. The third-order valence-electron chi connectivity index (χ3n) is 5.64. The van der Waals surface area contributed by atoms with Crippen LogP contribution in [0.1, 0.15) is 23.4 Å². The van der Waals surface area contributed by atoms with Gasteiger partial charge in [0.25, 0.3) is 5.78 Å². The van der Waals surface area contributed by atoms with Crippen LogP contribution in [0.25, 0.3) is 16.1 Å². The quantitative estimate of drug-likeness (QED) is 0.497. The number of hydrogen-bond acceptors (Lipinski definition) is 8. The van der Waals surface area contributed by atoms with Crippen LogP contribution < -0.4 is 4.90 Å². The first-order chi connectivity index (χ1) is 14.6. The van der Waals surface area contributed by atoms with Crippen LogP contribution in [-0.4, -0.2) is 66.5 Å². The fraction of sp³-hybridized carbons (Fsp3) is 0.400. The molecule has 0 bridgehead atoms. The number of anilines is 1. The van der Waals surface area contributed by atoms with Gasteiger partial charge in [-0.3, -0.25) is 4.79 Å². The molecule has 0 saturated carbocycles. The van der Waals surface area contributed by atoms with E-state index in [0.717, 1.165) is 45.5 Å². The summed E-state index contributed by atoms with van der Waals surface area (Å²) in [5, 5.41) is 5.20. The maximum Gasteiger partial charge on any atom is 0.252 e. The van der Waals surface area contributed by atoms with E-state index in [0.29, 0.717) is 31.7 Å². The van der Waals surface area contributed by atoms with Crippen molar-refractivity contribution in [3.63, 3.8) is 0 Å². The molecule has 0 spiro atoms. The largest absolute Gasteiger partial charge is 0.344 e. The van der Waals surface area contributed by atoms with Crippen LogP contribution in [0.4, 0.5) is 5.13 Å². The summed E-state index contributed by atoms with van der Waals surface area (Å²) in [7, 11) is 0. The molecule has 5 heterocycles. The Morgan fingerprint density at radius 3 is 2.77 bits per heavy atom. The zero-order valence-electron chi connectivity index (χ0n) is 16.9. The third kappa shape index (κ3) is 3.36. The van der Waals surface area contributed by atoms with E-state index in [1.54, 1.807) is 22.0 Å². The summed E-state index contributed by atoms with van der Waals surface area (Å²) in [6.07, 6.45) is 4.42. The van der Waals surface area contributed by atoms with Crippen LogP contribution >= 0.6 is 11.3 Å². The lowest BCUT2D eigenvalue weighted by molar-refractivity contribution is -0.131. The molecule has 1 aliphatic rings. The van der Waals surface area contributed by atoms with E-state index in [2.05, 4.69) is 29.9 Å². The summed E-state index contributed by atoms with van der Waals surface area (Å²) >= 11 is 1.61. The van der Waals surface area contributed by atoms with Gasteiger partial charge in [0.1, 0.15) is 16.7 Å². The van der Waals surface area contributed by atoms with Crippen molar-refractivity contribution in [2.75, 3.05) is 31.1 Å². The number of aromatic nitrogens is 6. The minimum absolute atomic E-state index is 0.179. The molecule has 0 atom stereocenters. The number of amides is 1. The number of thiazole rings is 1. The number of fused-ring (bicyclic) bond motifs is 2. The van der Waals surface area contributed by atoms with Gasteiger partial charge in [0.2, 0.25) is 5.91 Å². The van der Waals surface area contributed by atoms with Crippen molar-refractivity contribution in [1.29, 1.82) is 0 Å². The van der Waals surface area contributed by atoms with E-state index < -0.39 is 0 Å². The molecule has 30 heavy (non-hydrogen) atoms. The van der Waals surface area contributed by atoms with Crippen LogP contribution in [0, 0.1) is 13.8 Å². The molecule has 1 saturated heterocycles. The molecule has 0 N–H and O–H groups in total. The highest BCUT2D eigenvalue weighted by Crippen LogP contribution is 2.27. The van der Waals surface area contributed by atoms with Gasteiger partial charge in [-0.2, -0.15) is 10.1 Å². The second-order valence-corrected chi connectivity index (χ2v) is 8.38. The lowest BCUT2D eigenvalue weighted by atomic mass is 10.1. The summed E-state index contributed by atoms with van der Waals surface area (Å²) in [5.74, 6) is 0.777. The maximum atomic E-state index is 12.8. The Morgan fingerprint density at radius 2 is 1.97 bits per heavy atom. The number of pyridine rings is 1.